The Bertz CT molecular complexity index is 427. The first kappa shape index (κ1) is 15.5. The lowest BCUT2D eigenvalue weighted by atomic mass is 10.0. The van der Waals surface area contributed by atoms with E-state index in [4.69, 9.17) is 0 Å². The molecule has 1 unspecified atom stereocenters. The molecule has 1 fully saturated rings. The number of hydrogen-bond donors (Lipinski definition) is 2. The fraction of sp³-hybridized carbons (Fsp3) is 0.667. The lowest BCUT2D eigenvalue weighted by molar-refractivity contribution is -0.123. The minimum absolute atomic E-state index is 0.00926. The highest BCUT2D eigenvalue weighted by atomic mass is 32.1. The van der Waals surface area contributed by atoms with E-state index < -0.39 is 5.60 Å². The van der Waals surface area contributed by atoms with E-state index in [1.807, 2.05) is 36.4 Å². The molecule has 0 spiro atoms. The number of nitrogens with one attached hydrogen (secondary N) is 1. The van der Waals surface area contributed by atoms with E-state index in [0.717, 1.165) is 30.6 Å². The lowest BCUT2D eigenvalue weighted by Crippen LogP contribution is -2.44. The van der Waals surface area contributed by atoms with E-state index in [0.29, 0.717) is 13.1 Å². The molecule has 20 heavy (non-hydrogen) atoms. The van der Waals surface area contributed by atoms with Crippen molar-refractivity contribution >= 4 is 17.2 Å². The van der Waals surface area contributed by atoms with Crippen LogP contribution in [0.15, 0.2) is 17.5 Å². The van der Waals surface area contributed by atoms with Crippen LogP contribution >= 0.6 is 11.3 Å². The zero-order chi connectivity index (χ0) is 14.6. The molecule has 1 saturated carbocycles. The van der Waals surface area contributed by atoms with Crippen LogP contribution < -0.4 is 5.32 Å². The smallest absolute Gasteiger partial charge is 0.234 e. The topological polar surface area (TPSA) is 52.6 Å². The molecule has 0 bridgehead atoms. The number of carbonyl (C=O) groups excluding carboxylic acids is 1. The highest BCUT2D eigenvalue weighted by Crippen LogP contribution is 2.29. The van der Waals surface area contributed by atoms with E-state index >= 15 is 0 Å². The number of carbonyl (C=O) groups is 1. The Labute approximate surface area is 124 Å². The molecule has 5 heteroatoms. The third kappa shape index (κ3) is 4.30. The fourth-order valence-corrected chi connectivity index (χ4v) is 3.63. The second-order valence-electron chi connectivity index (χ2n) is 5.91. The summed E-state index contributed by atoms with van der Waals surface area (Å²) in [5, 5.41) is 15.3. The molecule has 1 heterocycles. The highest BCUT2D eigenvalue weighted by molar-refractivity contribution is 7.10. The number of likely N-dealkylation sites (N-methyl/N-ethyl adjacent to an activating group) is 1. The van der Waals surface area contributed by atoms with Gasteiger partial charge in [-0.15, -0.1) is 11.3 Å². The standard InChI is InChI=1S/C15H24N2O2S/c1-12(13-6-5-9-20-13)16-14(18)10-17(2)11-15(19)7-3-4-8-15/h5-6,9,12,19H,3-4,7-8,10-11H2,1-2H3,(H,16,18). The number of hydrogen-bond acceptors (Lipinski definition) is 4. The van der Waals surface area contributed by atoms with Crippen LogP contribution in [-0.4, -0.2) is 41.7 Å². The zero-order valence-corrected chi connectivity index (χ0v) is 13.1. The van der Waals surface area contributed by atoms with Crippen LogP contribution in [0.4, 0.5) is 0 Å². The highest BCUT2D eigenvalue weighted by Gasteiger charge is 2.32. The maximum absolute atomic E-state index is 12.0. The van der Waals surface area contributed by atoms with Gasteiger partial charge in [0.05, 0.1) is 18.2 Å². The summed E-state index contributed by atoms with van der Waals surface area (Å²) in [5.74, 6) is 0.00926. The summed E-state index contributed by atoms with van der Waals surface area (Å²) >= 11 is 1.65. The van der Waals surface area contributed by atoms with E-state index in [2.05, 4.69) is 5.32 Å². The summed E-state index contributed by atoms with van der Waals surface area (Å²) in [7, 11) is 1.89. The normalized spacial score (nSPS) is 19.2. The maximum Gasteiger partial charge on any atom is 0.234 e. The Hall–Kier alpha value is -0.910. The number of rotatable bonds is 6. The van der Waals surface area contributed by atoms with Crippen LogP contribution in [0.2, 0.25) is 0 Å². The van der Waals surface area contributed by atoms with Gasteiger partial charge in [0.25, 0.3) is 0 Å². The number of nitrogens with zero attached hydrogens (tertiary/aromatic N) is 1. The van der Waals surface area contributed by atoms with Crippen molar-refractivity contribution in [2.75, 3.05) is 20.1 Å². The summed E-state index contributed by atoms with van der Waals surface area (Å²) in [5.41, 5.74) is -0.589. The van der Waals surface area contributed by atoms with Crippen molar-refractivity contribution in [3.63, 3.8) is 0 Å². The van der Waals surface area contributed by atoms with Crippen LogP contribution in [0.25, 0.3) is 0 Å². The van der Waals surface area contributed by atoms with Crippen molar-refractivity contribution in [3.8, 4) is 0 Å². The van der Waals surface area contributed by atoms with Crippen LogP contribution in [-0.2, 0) is 4.79 Å². The number of amides is 1. The summed E-state index contributed by atoms with van der Waals surface area (Å²) in [6.07, 6.45) is 3.88. The maximum atomic E-state index is 12.0. The first-order valence-corrected chi connectivity index (χ1v) is 8.10. The Balaban J connectivity index is 1.76. The predicted molar refractivity (Wildman–Crippen MR) is 81.8 cm³/mol. The van der Waals surface area contributed by atoms with Gasteiger partial charge in [-0.2, -0.15) is 0 Å². The molecular formula is C15H24N2O2S. The van der Waals surface area contributed by atoms with Crippen LogP contribution in [0, 0.1) is 0 Å². The van der Waals surface area contributed by atoms with Crippen molar-refractivity contribution in [2.24, 2.45) is 0 Å². The summed E-state index contributed by atoms with van der Waals surface area (Å²) in [6.45, 7) is 2.90. The molecule has 0 saturated heterocycles. The molecule has 112 valence electrons. The average molecular weight is 296 g/mol. The molecular weight excluding hydrogens is 272 g/mol. The van der Waals surface area contributed by atoms with Gasteiger partial charge >= 0.3 is 0 Å². The molecule has 1 aromatic rings. The molecule has 0 radical (unpaired) electrons. The van der Waals surface area contributed by atoms with Crippen LogP contribution in [0.3, 0.4) is 0 Å². The van der Waals surface area contributed by atoms with Crippen molar-refractivity contribution in [3.05, 3.63) is 22.4 Å². The average Bonchev–Trinajstić information content (AvgIpc) is 2.99. The van der Waals surface area contributed by atoms with E-state index in [-0.39, 0.29) is 11.9 Å². The summed E-state index contributed by atoms with van der Waals surface area (Å²) in [6, 6.07) is 4.07. The van der Waals surface area contributed by atoms with Crippen molar-refractivity contribution in [1.29, 1.82) is 0 Å². The molecule has 4 nitrogen and oxygen atoms in total. The van der Waals surface area contributed by atoms with E-state index in [1.54, 1.807) is 11.3 Å². The van der Waals surface area contributed by atoms with E-state index in [9.17, 15) is 9.90 Å². The third-order valence-corrected chi connectivity index (χ3v) is 4.91. The van der Waals surface area contributed by atoms with Gasteiger partial charge in [0.15, 0.2) is 0 Å². The number of thiophene rings is 1. The van der Waals surface area contributed by atoms with Gasteiger partial charge in [0, 0.05) is 11.4 Å². The second-order valence-corrected chi connectivity index (χ2v) is 6.89. The van der Waals surface area contributed by atoms with Gasteiger partial charge in [-0.3, -0.25) is 9.69 Å². The third-order valence-electron chi connectivity index (χ3n) is 3.86. The first-order valence-electron chi connectivity index (χ1n) is 7.22. The van der Waals surface area contributed by atoms with Gasteiger partial charge in [-0.25, -0.2) is 0 Å². The monoisotopic (exact) mass is 296 g/mol. The summed E-state index contributed by atoms with van der Waals surface area (Å²) < 4.78 is 0. The molecule has 0 aromatic carbocycles. The predicted octanol–water partition coefficient (Wildman–Crippen LogP) is 2.16. The van der Waals surface area contributed by atoms with Gasteiger partial charge in [0.1, 0.15) is 0 Å². The first-order chi connectivity index (χ1) is 9.48. The van der Waals surface area contributed by atoms with Crippen molar-refractivity contribution < 1.29 is 9.90 Å². The summed E-state index contributed by atoms with van der Waals surface area (Å²) in [4.78, 5) is 15.1. The van der Waals surface area contributed by atoms with Crippen molar-refractivity contribution in [2.45, 2.75) is 44.2 Å². The van der Waals surface area contributed by atoms with E-state index in [1.165, 1.54) is 0 Å². The van der Waals surface area contributed by atoms with Crippen LogP contribution in [0.1, 0.15) is 43.5 Å². The molecule has 2 N–H and O–H groups in total. The molecule has 0 aliphatic heterocycles. The minimum Gasteiger partial charge on any atom is -0.389 e. The Kier molecular flexibility index (Phi) is 5.18. The quantitative estimate of drug-likeness (QED) is 0.846. The lowest BCUT2D eigenvalue weighted by Gasteiger charge is -2.28. The molecule has 1 aliphatic rings. The van der Waals surface area contributed by atoms with Gasteiger partial charge < -0.3 is 10.4 Å². The van der Waals surface area contributed by atoms with Gasteiger partial charge in [-0.05, 0) is 38.3 Å². The van der Waals surface area contributed by atoms with Gasteiger partial charge in [0.2, 0.25) is 5.91 Å². The zero-order valence-electron chi connectivity index (χ0n) is 12.3. The molecule has 1 amide bonds. The fourth-order valence-electron chi connectivity index (χ4n) is 2.89. The number of aliphatic hydroxyl groups is 1. The Morgan fingerprint density at radius 3 is 2.85 bits per heavy atom. The Morgan fingerprint density at radius 2 is 2.25 bits per heavy atom. The van der Waals surface area contributed by atoms with Gasteiger partial charge in [-0.1, -0.05) is 18.9 Å². The minimum atomic E-state index is -0.589. The molecule has 1 atom stereocenters. The largest absolute Gasteiger partial charge is 0.389 e. The Morgan fingerprint density at radius 1 is 1.55 bits per heavy atom. The molecule has 2 rings (SSSR count). The SMILES string of the molecule is CC(NC(=O)CN(C)CC1(O)CCCC1)c1cccs1. The molecule has 1 aromatic heterocycles. The van der Waals surface area contributed by atoms with Crippen molar-refractivity contribution in [1.82, 2.24) is 10.2 Å². The molecule has 1 aliphatic carbocycles. The van der Waals surface area contributed by atoms with Crippen LogP contribution in [0.5, 0.6) is 0 Å². The second kappa shape index (κ2) is 6.70.